The van der Waals surface area contributed by atoms with Crippen molar-refractivity contribution in [3.63, 3.8) is 0 Å². The molecule has 0 spiro atoms. The molecule has 144 valence electrons. The van der Waals surface area contributed by atoms with Gasteiger partial charge in [-0.25, -0.2) is 4.68 Å². The van der Waals surface area contributed by atoms with Crippen LogP contribution in [0.15, 0.2) is 54.7 Å². The van der Waals surface area contributed by atoms with E-state index in [1.807, 2.05) is 41.3 Å². The van der Waals surface area contributed by atoms with Crippen molar-refractivity contribution in [1.82, 2.24) is 19.9 Å². The Hall–Kier alpha value is -2.86. The Morgan fingerprint density at radius 3 is 2.25 bits per heavy atom. The molecule has 0 N–H and O–H groups in total. The van der Waals surface area contributed by atoms with Crippen LogP contribution in [0.3, 0.4) is 0 Å². The van der Waals surface area contributed by atoms with Crippen molar-refractivity contribution < 1.29 is 4.79 Å². The van der Waals surface area contributed by atoms with Gasteiger partial charge in [0.2, 0.25) is 0 Å². The normalized spacial score (nSPS) is 14.4. The van der Waals surface area contributed by atoms with Gasteiger partial charge in [0, 0.05) is 36.9 Å². The lowest BCUT2D eigenvalue weighted by molar-refractivity contribution is 0.0741. The minimum Gasteiger partial charge on any atom is -0.368 e. The van der Waals surface area contributed by atoms with Crippen molar-refractivity contribution in [1.29, 1.82) is 0 Å². The summed E-state index contributed by atoms with van der Waals surface area (Å²) in [4.78, 5) is 16.9. The number of nitrogens with zero attached hydrogens (tertiary/aromatic N) is 5. The van der Waals surface area contributed by atoms with Crippen LogP contribution in [-0.4, -0.2) is 52.0 Å². The smallest absolute Gasteiger partial charge is 0.276 e. The predicted molar refractivity (Wildman–Crippen MR) is 110 cm³/mol. The minimum atomic E-state index is -0.0767. The summed E-state index contributed by atoms with van der Waals surface area (Å²) in [6.07, 6.45) is 2.69. The van der Waals surface area contributed by atoms with Crippen molar-refractivity contribution in [2.45, 2.75) is 13.3 Å². The van der Waals surface area contributed by atoms with E-state index in [4.69, 9.17) is 11.6 Å². The molecule has 1 saturated heterocycles. The minimum absolute atomic E-state index is 0.0767. The number of benzene rings is 2. The number of anilines is 1. The molecule has 3 aromatic rings. The van der Waals surface area contributed by atoms with Crippen molar-refractivity contribution in [2.75, 3.05) is 31.1 Å². The number of aryl methyl sites for hydroxylation is 1. The summed E-state index contributed by atoms with van der Waals surface area (Å²) in [5.41, 5.74) is 3.66. The Labute approximate surface area is 169 Å². The fourth-order valence-corrected chi connectivity index (χ4v) is 3.48. The van der Waals surface area contributed by atoms with Gasteiger partial charge in [0.25, 0.3) is 5.91 Å². The number of carbonyl (C=O) groups excluding carboxylic acids is 1. The molecule has 6 nitrogen and oxygen atoms in total. The van der Waals surface area contributed by atoms with Gasteiger partial charge in [-0.3, -0.25) is 4.79 Å². The fraction of sp³-hybridized carbons (Fsp3) is 0.286. The van der Waals surface area contributed by atoms with Gasteiger partial charge in [-0.2, -0.15) is 0 Å². The molecule has 0 unspecified atom stereocenters. The van der Waals surface area contributed by atoms with Crippen LogP contribution < -0.4 is 4.90 Å². The Morgan fingerprint density at radius 2 is 1.61 bits per heavy atom. The van der Waals surface area contributed by atoms with E-state index in [0.717, 1.165) is 35.9 Å². The number of aromatic nitrogens is 3. The van der Waals surface area contributed by atoms with Gasteiger partial charge < -0.3 is 9.80 Å². The summed E-state index contributed by atoms with van der Waals surface area (Å²) in [5.74, 6) is -0.0767. The molecule has 2 aromatic carbocycles. The van der Waals surface area contributed by atoms with E-state index < -0.39 is 0 Å². The maximum absolute atomic E-state index is 12.8. The molecule has 28 heavy (non-hydrogen) atoms. The third-order valence-electron chi connectivity index (χ3n) is 5.08. The van der Waals surface area contributed by atoms with Crippen molar-refractivity contribution >= 4 is 23.2 Å². The molecule has 0 bridgehead atoms. The summed E-state index contributed by atoms with van der Waals surface area (Å²) in [5, 5.41) is 8.94. The van der Waals surface area contributed by atoms with Crippen molar-refractivity contribution in [2.24, 2.45) is 0 Å². The molecule has 1 amide bonds. The zero-order valence-electron chi connectivity index (χ0n) is 15.8. The number of hydrogen-bond donors (Lipinski definition) is 0. The average Bonchev–Trinajstić information content (AvgIpc) is 3.24. The fourth-order valence-electron chi connectivity index (χ4n) is 3.35. The van der Waals surface area contributed by atoms with E-state index in [-0.39, 0.29) is 5.91 Å². The summed E-state index contributed by atoms with van der Waals surface area (Å²) in [6, 6.07) is 15.9. The lowest BCUT2D eigenvalue weighted by atomic mass is 10.1. The molecular formula is C21H22ClN5O. The van der Waals surface area contributed by atoms with E-state index >= 15 is 0 Å². The molecule has 0 saturated carbocycles. The van der Waals surface area contributed by atoms with E-state index in [0.29, 0.717) is 18.8 Å². The Bertz CT molecular complexity index is 944. The van der Waals surface area contributed by atoms with E-state index in [2.05, 4.69) is 34.3 Å². The Kier molecular flexibility index (Phi) is 5.30. The van der Waals surface area contributed by atoms with E-state index in [9.17, 15) is 4.79 Å². The predicted octanol–water partition coefficient (Wildman–Crippen LogP) is 3.45. The second-order valence-corrected chi connectivity index (χ2v) is 7.26. The molecule has 4 rings (SSSR count). The van der Waals surface area contributed by atoms with E-state index in [1.54, 1.807) is 10.9 Å². The van der Waals surface area contributed by atoms with Crippen LogP contribution in [0, 0.1) is 0 Å². The van der Waals surface area contributed by atoms with Gasteiger partial charge in [0.05, 0.1) is 11.9 Å². The van der Waals surface area contributed by atoms with Crippen LogP contribution in [0.4, 0.5) is 5.69 Å². The molecule has 0 radical (unpaired) electrons. The monoisotopic (exact) mass is 395 g/mol. The molecule has 1 aromatic heterocycles. The SMILES string of the molecule is CCc1ccc(-n2cc(C(=O)N3CCN(c4ccc(Cl)cc4)CC3)nn2)cc1. The molecule has 1 aliphatic heterocycles. The molecule has 2 heterocycles. The quantitative estimate of drug-likeness (QED) is 0.679. The second kappa shape index (κ2) is 8.02. The van der Waals surface area contributed by atoms with Crippen molar-refractivity contribution in [3.8, 4) is 5.69 Å². The molecular weight excluding hydrogens is 374 g/mol. The first-order chi connectivity index (χ1) is 13.6. The zero-order valence-corrected chi connectivity index (χ0v) is 16.5. The van der Waals surface area contributed by atoms with Gasteiger partial charge in [-0.05, 0) is 48.4 Å². The highest BCUT2D eigenvalue weighted by Crippen LogP contribution is 2.20. The second-order valence-electron chi connectivity index (χ2n) is 6.82. The number of carbonyl (C=O) groups is 1. The van der Waals surface area contributed by atoms with Crippen LogP contribution in [0.5, 0.6) is 0 Å². The number of hydrogen-bond acceptors (Lipinski definition) is 4. The third kappa shape index (κ3) is 3.87. The third-order valence-corrected chi connectivity index (χ3v) is 5.33. The topological polar surface area (TPSA) is 54.3 Å². The maximum atomic E-state index is 12.8. The number of piperazine rings is 1. The van der Waals surface area contributed by atoms with Crippen LogP contribution in [0.25, 0.3) is 5.69 Å². The van der Waals surface area contributed by atoms with Crippen LogP contribution >= 0.6 is 11.6 Å². The largest absolute Gasteiger partial charge is 0.368 e. The zero-order chi connectivity index (χ0) is 19.5. The first-order valence-corrected chi connectivity index (χ1v) is 9.83. The van der Waals surface area contributed by atoms with E-state index in [1.165, 1.54) is 5.56 Å². The standard InChI is InChI=1S/C21H22ClN5O/c1-2-16-3-7-19(8-4-16)27-15-20(23-24-27)21(28)26-13-11-25(12-14-26)18-9-5-17(22)6-10-18/h3-10,15H,2,11-14H2,1H3. The van der Waals surface area contributed by atoms with Gasteiger partial charge in [-0.1, -0.05) is 35.9 Å². The average molecular weight is 396 g/mol. The molecule has 1 fully saturated rings. The number of amides is 1. The van der Waals surface area contributed by atoms with Gasteiger partial charge in [-0.15, -0.1) is 5.10 Å². The summed E-state index contributed by atoms with van der Waals surface area (Å²) in [7, 11) is 0. The lowest BCUT2D eigenvalue weighted by Crippen LogP contribution is -2.48. The highest BCUT2D eigenvalue weighted by molar-refractivity contribution is 6.30. The van der Waals surface area contributed by atoms with Crippen LogP contribution in [-0.2, 0) is 6.42 Å². The maximum Gasteiger partial charge on any atom is 0.276 e. The number of rotatable bonds is 4. The van der Waals surface area contributed by atoms with Gasteiger partial charge in [0.15, 0.2) is 5.69 Å². The highest BCUT2D eigenvalue weighted by atomic mass is 35.5. The lowest BCUT2D eigenvalue weighted by Gasteiger charge is -2.35. The molecule has 0 aliphatic carbocycles. The van der Waals surface area contributed by atoms with Crippen LogP contribution in [0.1, 0.15) is 23.0 Å². The summed E-state index contributed by atoms with van der Waals surface area (Å²) >= 11 is 5.96. The first kappa shape index (κ1) is 18.5. The molecule has 0 atom stereocenters. The van der Waals surface area contributed by atoms with Crippen molar-refractivity contribution in [3.05, 3.63) is 71.0 Å². The Morgan fingerprint density at radius 1 is 0.964 bits per heavy atom. The van der Waals surface area contributed by atoms with Crippen LogP contribution in [0.2, 0.25) is 5.02 Å². The molecule has 7 heteroatoms. The van der Waals surface area contributed by atoms with Gasteiger partial charge in [0.1, 0.15) is 0 Å². The van der Waals surface area contributed by atoms with Gasteiger partial charge >= 0.3 is 0 Å². The Balaban J connectivity index is 1.40. The first-order valence-electron chi connectivity index (χ1n) is 9.45. The molecule has 1 aliphatic rings. The summed E-state index contributed by atoms with van der Waals surface area (Å²) < 4.78 is 1.65. The summed E-state index contributed by atoms with van der Waals surface area (Å²) in [6.45, 7) is 4.98. The number of halogens is 1. The highest BCUT2D eigenvalue weighted by Gasteiger charge is 2.24.